The number of nitrogens with one attached hydrogen (secondary N) is 1. The van der Waals surface area contributed by atoms with E-state index in [1.165, 1.54) is 13.0 Å². The molecule has 0 aromatic heterocycles. The molecule has 0 unspecified atom stereocenters. The van der Waals surface area contributed by atoms with Crippen molar-refractivity contribution in [2.45, 2.75) is 57.6 Å². The number of carboxylic acid groups (broad SMARTS) is 1. The van der Waals surface area contributed by atoms with Crippen molar-refractivity contribution in [1.82, 2.24) is 5.32 Å². The Labute approximate surface area is 162 Å². The third-order valence-electron chi connectivity index (χ3n) is 4.04. The molecule has 0 fully saturated rings. The van der Waals surface area contributed by atoms with Crippen molar-refractivity contribution in [3.63, 3.8) is 0 Å². The van der Waals surface area contributed by atoms with Gasteiger partial charge in [0.25, 0.3) is 0 Å². The van der Waals surface area contributed by atoms with Crippen LogP contribution in [-0.2, 0) is 28.6 Å². The Bertz CT molecular complexity index is 631. The number of amides is 1. The summed E-state index contributed by atoms with van der Waals surface area (Å²) in [5.41, 5.74) is 0.236. The van der Waals surface area contributed by atoms with Crippen molar-refractivity contribution >= 4 is 17.8 Å². The van der Waals surface area contributed by atoms with Gasteiger partial charge in [-0.15, -0.1) is 6.58 Å². The number of ether oxygens (including phenoxy) is 3. The summed E-state index contributed by atoms with van der Waals surface area (Å²) in [4.78, 5) is 35.1. The minimum Gasteiger partial charge on any atom is -0.477 e. The number of esters is 1. The number of hydrogen-bond donors (Lipinski definition) is 4. The van der Waals surface area contributed by atoms with E-state index >= 15 is 0 Å². The van der Waals surface area contributed by atoms with Gasteiger partial charge in [0.15, 0.2) is 12.2 Å². The average Bonchev–Trinajstić information content (AvgIpc) is 2.61. The van der Waals surface area contributed by atoms with E-state index in [1.807, 2.05) is 0 Å². The Kier molecular flexibility index (Phi) is 9.10. The molecule has 1 aliphatic heterocycles. The zero-order valence-electron chi connectivity index (χ0n) is 16.1. The summed E-state index contributed by atoms with van der Waals surface area (Å²) in [7, 11) is 0. The highest BCUT2D eigenvalue weighted by Gasteiger charge is 2.49. The monoisotopic (exact) mass is 401 g/mol. The first-order valence-corrected chi connectivity index (χ1v) is 8.76. The predicted octanol–water partition coefficient (Wildman–Crippen LogP) is -0.505. The normalized spacial score (nSPS) is 24.0. The van der Waals surface area contributed by atoms with Gasteiger partial charge >= 0.3 is 11.9 Å². The molecule has 10 heteroatoms. The van der Waals surface area contributed by atoms with Gasteiger partial charge in [0.05, 0.1) is 12.6 Å². The van der Waals surface area contributed by atoms with Crippen LogP contribution in [0.3, 0.4) is 0 Å². The average molecular weight is 401 g/mol. The third kappa shape index (κ3) is 5.78. The molecule has 0 bridgehead atoms. The molecule has 0 aromatic carbocycles. The van der Waals surface area contributed by atoms with Crippen LogP contribution in [0.15, 0.2) is 24.0 Å². The second-order valence-corrected chi connectivity index (χ2v) is 6.16. The number of aliphatic hydroxyl groups is 2. The maximum atomic E-state index is 11.8. The molecule has 1 amide bonds. The van der Waals surface area contributed by atoms with Crippen molar-refractivity contribution in [3.8, 4) is 0 Å². The second kappa shape index (κ2) is 10.8. The third-order valence-corrected chi connectivity index (χ3v) is 4.04. The lowest BCUT2D eigenvalue weighted by Gasteiger charge is -2.43. The number of aliphatic hydroxyl groups excluding tert-OH is 2. The second-order valence-electron chi connectivity index (χ2n) is 6.16. The Morgan fingerprint density at radius 3 is 2.43 bits per heavy atom. The summed E-state index contributed by atoms with van der Waals surface area (Å²) in [5, 5.41) is 31.7. The lowest BCUT2D eigenvalue weighted by atomic mass is 9.87. The Balaban J connectivity index is 3.57. The molecule has 0 radical (unpaired) electrons. The molecule has 1 rings (SSSR count). The van der Waals surface area contributed by atoms with Gasteiger partial charge in [-0.05, 0) is 13.3 Å². The molecule has 0 spiro atoms. The molecule has 0 saturated carbocycles. The topological polar surface area (TPSA) is 152 Å². The lowest BCUT2D eigenvalue weighted by molar-refractivity contribution is -0.177. The van der Waals surface area contributed by atoms with E-state index in [1.54, 1.807) is 6.92 Å². The fourth-order valence-electron chi connectivity index (χ4n) is 3.06. The van der Waals surface area contributed by atoms with Crippen molar-refractivity contribution in [3.05, 3.63) is 24.0 Å². The van der Waals surface area contributed by atoms with E-state index in [0.717, 1.165) is 6.92 Å². The molecule has 0 aromatic rings. The lowest BCUT2D eigenvalue weighted by Crippen LogP contribution is -2.62. The van der Waals surface area contributed by atoms with Gasteiger partial charge in [-0.25, -0.2) is 4.79 Å². The fraction of sp³-hybridized carbons (Fsp3) is 0.611. The Hall–Kier alpha value is -2.43. The molecule has 10 nitrogen and oxygen atoms in total. The summed E-state index contributed by atoms with van der Waals surface area (Å²) >= 11 is 0. The van der Waals surface area contributed by atoms with E-state index < -0.39 is 60.7 Å². The first-order chi connectivity index (χ1) is 13.2. The van der Waals surface area contributed by atoms with E-state index in [0.29, 0.717) is 0 Å². The van der Waals surface area contributed by atoms with Crippen LogP contribution in [0.5, 0.6) is 0 Å². The molecular formula is C18H27NO9. The number of aliphatic carboxylic acids is 1. The minimum absolute atomic E-state index is 0.107. The highest BCUT2D eigenvalue weighted by Crippen LogP contribution is 2.33. The Morgan fingerprint density at radius 1 is 1.36 bits per heavy atom. The number of carboxylic acids is 1. The van der Waals surface area contributed by atoms with E-state index in [4.69, 9.17) is 14.2 Å². The summed E-state index contributed by atoms with van der Waals surface area (Å²) in [6.07, 6.45) is -3.74. The first-order valence-electron chi connectivity index (χ1n) is 8.76. The van der Waals surface area contributed by atoms with Gasteiger partial charge in [0.2, 0.25) is 11.7 Å². The van der Waals surface area contributed by atoms with Crippen LogP contribution in [0, 0.1) is 0 Å². The van der Waals surface area contributed by atoms with Crippen LogP contribution in [0.25, 0.3) is 0 Å². The summed E-state index contributed by atoms with van der Waals surface area (Å²) in [6, 6.07) is -0.999. The van der Waals surface area contributed by atoms with Crippen LogP contribution in [0.4, 0.5) is 0 Å². The molecular weight excluding hydrogens is 374 g/mol. The number of allylic oxidation sites excluding steroid dienone is 1. The van der Waals surface area contributed by atoms with E-state index in [9.17, 15) is 29.7 Å². The first kappa shape index (κ1) is 23.6. The molecule has 0 saturated heterocycles. The minimum atomic E-state index is -1.58. The van der Waals surface area contributed by atoms with Crippen LogP contribution < -0.4 is 5.32 Å². The summed E-state index contributed by atoms with van der Waals surface area (Å²) in [5.74, 6) is -3.10. The smallest absolute Gasteiger partial charge is 0.371 e. The predicted molar refractivity (Wildman–Crippen MR) is 96.0 cm³/mol. The van der Waals surface area contributed by atoms with Crippen LogP contribution in [0.2, 0.25) is 0 Å². The van der Waals surface area contributed by atoms with E-state index in [2.05, 4.69) is 11.9 Å². The number of rotatable bonds is 10. The van der Waals surface area contributed by atoms with Gasteiger partial charge < -0.3 is 34.8 Å². The SMILES string of the molecule is C=CCC1=C(C(=O)O)O[C@@H]([C@H](OC(C)=O)[C@H](O)CO)[C@H](NC(C)=O)[C@H]1OCC. The van der Waals surface area contributed by atoms with Crippen molar-refractivity contribution < 1.29 is 43.9 Å². The number of hydrogen-bond acceptors (Lipinski definition) is 8. The zero-order chi connectivity index (χ0) is 21.4. The maximum absolute atomic E-state index is 11.8. The number of carbonyl (C=O) groups excluding carboxylic acids is 2. The largest absolute Gasteiger partial charge is 0.477 e. The van der Waals surface area contributed by atoms with Gasteiger partial charge in [0, 0.05) is 26.0 Å². The molecule has 158 valence electrons. The standard InChI is InChI=1S/C18H27NO9/c1-5-7-11-14(26-6-2)13(19-9(3)21)17(28-15(11)18(24)25)16(12(23)8-20)27-10(4)22/h5,12-14,16-17,20,23H,1,6-8H2,2-4H3,(H,19,21)(H,24,25)/t12-,13-,14+,16-,17-/m1/s1. The van der Waals surface area contributed by atoms with Crippen LogP contribution >= 0.6 is 0 Å². The van der Waals surface area contributed by atoms with Crippen molar-refractivity contribution in [2.24, 2.45) is 0 Å². The van der Waals surface area contributed by atoms with Gasteiger partial charge in [0.1, 0.15) is 12.2 Å². The Morgan fingerprint density at radius 2 is 2.00 bits per heavy atom. The molecule has 1 heterocycles. The van der Waals surface area contributed by atoms with Crippen molar-refractivity contribution in [1.29, 1.82) is 0 Å². The van der Waals surface area contributed by atoms with Crippen LogP contribution in [0.1, 0.15) is 27.2 Å². The molecule has 1 aliphatic rings. The zero-order valence-corrected chi connectivity index (χ0v) is 16.1. The summed E-state index contributed by atoms with van der Waals surface area (Å²) < 4.78 is 16.4. The fourth-order valence-corrected chi connectivity index (χ4v) is 3.06. The maximum Gasteiger partial charge on any atom is 0.371 e. The molecule has 5 atom stereocenters. The van der Waals surface area contributed by atoms with Crippen LogP contribution in [-0.4, -0.2) is 76.8 Å². The quantitative estimate of drug-likeness (QED) is 0.280. The van der Waals surface area contributed by atoms with Gasteiger partial charge in [-0.3, -0.25) is 9.59 Å². The molecule has 0 aliphatic carbocycles. The van der Waals surface area contributed by atoms with E-state index in [-0.39, 0.29) is 18.6 Å². The van der Waals surface area contributed by atoms with Crippen molar-refractivity contribution in [2.75, 3.05) is 13.2 Å². The summed E-state index contributed by atoms with van der Waals surface area (Å²) in [6.45, 7) is 7.01. The molecule has 28 heavy (non-hydrogen) atoms. The molecule has 4 N–H and O–H groups in total. The highest BCUT2D eigenvalue weighted by atomic mass is 16.6. The highest BCUT2D eigenvalue weighted by molar-refractivity contribution is 5.86. The number of carbonyl (C=O) groups is 3. The van der Waals surface area contributed by atoms with Gasteiger partial charge in [-0.1, -0.05) is 6.08 Å². The van der Waals surface area contributed by atoms with Gasteiger partial charge in [-0.2, -0.15) is 0 Å².